The van der Waals surface area contributed by atoms with Crippen molar-refractivity contribution in [1.29, 1.82) is 0 Å². The molecule has 0 aromatic heterocycles. The van der Waals surface area contributed by atoms with E-state index in [4.69, 9.17) is 18.9 Å². The first-order valence-electron chi connectivity index (χ1n) is 7.83. The number of rotatable bonds is 7. The first-order valence-corrected chi connectivity index (χ1v) is 7.83. The van der Waals surface area contributed by atoms with Crippen LogP contribution >= 0.6 is 0 Å². The number of nitrogens with one attached hydrogen (secondary N) is 2. The van der Waals surface area contributed by atoms with Gasteiger partial charge in [-0.1, -0.05) is 0 Å². The second-order valence-corrected chi connectivity index (χ2v) is 5.14. The number of hydrogen-bond acceptors (Lipinski definition) is 7. The molecule has 140 valence electrons. The highest BCUT2D eigenvalue weighted by Gasteiger charge is 2.17. The van der Waals surface area contributed by atoms with Gasteiger partial charge in [0.05, 0.1) is 13.7 Å². The lowest BCUT2D eigenvalue weighted by atomic mass is 10.1. The van der Waals surface area contributed by atoms with Gasteiger partial charge in [-0.15, -0.1) is 0 Å². The predicted octanol–water partition coefficient (Wildman–Crippen LogP) is -0.115. The van der Waals surface area contributed by atoms with Crippen molar-refractivity contribution in [3.63, 3.8) is 0 Å². The fraction of sp³-hybridized carbons (Fsp3) is 0.353. The summed E-state index contributed by atoms with van der Waals surface area (Å²) < 4.78 is 21.1. The second-order valence-electron chi connectivity index (χ2n) is 5.14. The number of amides is 2. The zero-order valence-electron chi connectivity index (χ0n) is 14.5. The Kier molecular flexibility index (Phi) is 6.84. The molecule has 0 fully saturated rings. The van der Waals surface area contributed by atoms with Gasteiger partial charge in [0.25, 0.3) is 5.91 Å². The maximum atomic E-state index is 11.7. The minimum absolute atomic E-state index is 0.181. The molecule has 2 rings (SSSR count). The molecule has 1 aliphatic heterocycles. The molecule has 0 atom stereocenters. The van der Waals surface area contributed by atoms with Crippen molar-refractivity contribution in [2.24, 2.45) is 0 Å². The van der Waals surface area contributed by atoms with Crippen LogP contribution in [0.3, 0.4) is 0 Å². The van der Waals surface area contributed by atoms with Crippen LogP contribution < -0.4 is 24.8 Å². The molecule has 1 aromatic carbocycles. The summed E-state index contributed by atoms with van der Waals surface area (Å²) in [6, 6.07) is 3.39. The average molecular weight is 364 g/mol. The number of fused-ring (bicyclic) bond motifs is 1. The highest BCUT2D eigenvalue weighted by atomic mass is 16.6. The maximum Gasteiger partial charge on any atom is 0.331 e. The molecule has 9 heteroatoms. The van der Waals surface area contributed by atoms with E-state index in [9.17, 15) is 14.4 Å². The Morgan fingerprint density at radius 3 is 2.69 bits per heavy atom. The number of hydrogen-bond donors (Lipinski definition) is 2. The molecule has 0 unspecified atom stereocenters. The molecule has 26 heavy (non-hydrogen) atoms. The lowest BCUT2D eigenvalue weighted by molar-refractivity contribution is -0.143. The third-order valence-electron chi connectivity index (χ3n) is 3.33. The number of ether oxygens (including phenoxy) is 4. The van der Waals surface area contributed by atoms with Crippen LogP contribution in [-0.2, 0) is 19.1 Å². The van der Waals surface area contributed by atoms with Crippen LogP contribution in [0.25, 0.3) is 6.08 Å². The first kappa shape index (κ1) is 19.1. The number of carbonyl (C=O) groups excluding carboxylic acids is 3. The molecule has 1 heterocycles. The summed E-state index contributed by atoms with van der Waals surface area (Å²) in [5.74, 6) is -0.0883. The SMILES string of the molecule is CNC(=O)CNC(=O)COC(=O)/C=C/c1cc(OC)c2c(c1)OCCO2. The van der Waals surface area contributed by atoms with E-state index in [2.05, 4.69) is 10.6 Å². The highest BCUT2D eigenvalue weighted by molar-refractivity contribution is 5.90. The number of esters is 1. The molecule has 9 nitrogen and oxygen atoms in total. The second kappa shape index (κ2) is 9.30. The highest BCUT2D eigenvalue weighted by Crippen LogP contribution is 2.40. The van der Waals surface area contributed by atoms with Crippen LogP contribution in [0, 0.1) is 0 Å². The van der Waals surface area contributed by atoms with Crippen LogP contribution in [0.2, 0.25) is 0 Å². The van der Waals surface area contributed by atoms with E-state index in [1.807, 2.05) is 0 Å². The number of methoxy groups -OCH3 is 1. The fourth-order valence-corrected chi connectivity index (χ4v) is 2.06. The molecule has 1 aliphatic rings. The average Bonchev–Trinajstić information content (AvgIpc) is 2.67. The van der Waals surface area contributed by atoms with E-state index in [-0.39, 0.29) is 12.5 Å². The lowest BCUT2D eigenvalue weighted by Gasteiger charge is -2.20. The van der Waals surface area contributed by atoms with Crippen LogP contribution in [0.4, 0.5) is 0 Å². The molecule has 2 N–H and O–H groups in total. The summed E-state index contributed by atoms with van der Waals surface area (Å²) in [7, 11) is 2.96. The van der Waals surface area contributed by atoms with Crippen LogP contribution in [0.15, 0.2) is 18.2 Å². The Balaban J connectivity index is 1.89. The fourth-order valence-electron chi connectivity index (χ4n) is 2.06. The summed E-state index contributed by atoms with van der Waals surface area (Å²) in [6.45, 7) is 0.202. The Hall–Kier alpha value is -3.23. The number of likely N-dealkylation sites (N-methyl/N-ethyl adjacent to an activating group) is 1. The van der Waals surface area contributed by atoms with E-state index in [0.717, 1.165) is 0 Å². The van der Waals surface area contributed by atoms with Crippen molar-refractivity contribution in [1.82, 2.24) is 10.6 Å². The standard InChI is InChI=1S/C17H20N2O7/c1-18-14(20)9-19-15(21)10-26-16(22)4-3-11-7-12(23-2)17-13(8-11)24-5-6-25-17/h3-4,7-8H,5-6,9-10H2,1-2H3,(H,18,20)(H,19,21)/b4-3+. The largest absolute Gasteiger partial charge is 0.493 e. The van der Waals surface area contributed by atoms with Gasteiger partial charge < -0.3 is 29.6 Å². The van der Waals surface area contributed by atoms with Gasteiger partial charge in [-0.2, -0.15) is 0 Å². The predicted molar refractivity (Wildman–Crippen MR) is 91.1 cm³/mol. The summed E-state index contributed by atoms with van der Waals surface area (Å²) in [6.07, 6.45) is 2.68. The minimum atomic E-state index is -0.700. The van der Waals surface area contributed by atoms with Crippen molar-refractivity contribution >= 4 is 23.9 Å². The normalized spacial score (nSPS) is 12.4. The third kappa shape index (κ3) is 5.40. The van der Waals surface area contributed by atoms with Crippen molar-refractivity contribution in [3.8, 4) is 17.2 Å². The van der Waals surface area contributed by atoms with Gasteiger partial charge in [0.1, 0.15) is 13.2 Å². The van der Waals surface area contributed by atoms with Crippen molar-refractivity contribution < 1.29 is 33.3 Å². The molecule has 2 amide bonds. The van der Waals surface area contributed by atoms with Crippen LogP contribution in [0.5, 0.6) is 17.2 Å². The van der Waals surface area contributed by atoms with Gasteiger partial charge in [-0.25, -0.2) is 4.79 Å². The Morgan fingerprint density at radius 2 is 1.96 bits per heavy atom. The van der Waals surface area contributed by atoms with E-state index in [0.29, 0.717) is 36.0 Å². The van der Waals surface area contributed by atoms with Crippen molar-refractivity contribution in [3.05, 3.63) is 23.8 Å². The molecular formula is C17H20N2O7. The van der Waals surface area contributed by atoms with Crippen molar-refractivity contribution in [2.45, 2.75) is 0 Å². The molecule has 0 aliphatic carbocycles. The topological polar surface area (TPSA) is 112 Å². The summed E-state index contributed by atoms with van der Waals surface area (Å²) in [5, 5.41) is 4.67. The maximum absolute atomic E-state index is 11.7. The van der Waals surface area contributed by atoms with Gasteiger partial charge in [-0.3, -0.25) is 9.59 Å². The number of carbonyl (C=O) groups is 3. The Bertz CT molecular complexity index is 698. The molecular weight excluding hydrogens is 344 g/mol. The quantitative estimate of drug-likeness (QED) is 0.513. The van der Waals surface area contributed by atoms with Crippen molar-refractivity contribution in [2.75, 3.05) is 40.5 Å². The van der Waals surface area contributed by atoms with Gasteiger partial charge in [0.15, 0.2) is 18.1 Å². The molecule has 0 bridgehead atoms. The molecule has 0 radical (unpaired) electrons. The summed E-state index contributed by atoms with van der Waals surface area (Å²) >= 11 is 0. The summed E-state index contributed by atoms with van der Waals surface area (Å²) in [5.41, 5.74) is 0.645. The smallest absolute Gasteiger partial charge is 0.331 e. The third-order valence-corrected chi connectivity index (χ3v) is 3.33. The van der Waals surface area contributed by atoms with Gasteiger partial charge in [0, 0.05) is 13.1 Å². The van der Waals surface area contributed by atoms with E-state index in [1.54, 1.807) is 12.1 Å². The molecule has 1 aromatic rings. The zero-order chi connectivity index (χ0) is 18.9. The number of benzene rings is 1. The van der Waals surface area contributed by atoms with E-state index < -0.39 is 18.5 Å². The molecule has 0 spiro atoms. The summed E-state index contributed by atoms with van der Waals surface area (Å²) in [4.78, 5) is 34.1. The lowest BCUT2D eigenvalue weighted by Crippen LogP contribution is -2.37. The van der Waals surface area contributed by atoms with Crippen LogP contribution in [0.1, 0.15) is 5.56 Å². The Labute approximate surface area is 150 Å². The first-order chi connectivity index (χ1) is 12.5. The minimum Gasteiger partial charge on any atom is -0.493 e. The van der Waals surface area contributed by atoms with Crippen LogP contribution in [-0.4, -0.2) is 58.3 Å². The van der Waals surface area contributed by atoms with Gasteiger partial charge in [0.2, 0.25) is 11.7 Å². The van der Waals surface area contributed by atoms with E-state index >= 15 is 0 Å². The van der Waals surface area contributed by atoms with E-state index in [1.165, 1.54) is 26.3 Å². The molecule has 0 saturated heterocycles. The van der Waals surface area contributed by atoms with Gasteiger partial charge >= 0.3 is 5.97 Å². The zero-order valence-corrected chi connectivity index (χ0v) is 14.5. The van der Waals surface area contributed by atoms with Gasteiger partial charge in [-0.05, 0) is 23.8 Å². The molecule has 0 saturated carbocycles. The monoisotopic (exact) mass is 364 g/mol. The Morgan fingerprint density at radius 1 is 1.19 bits per heavy atom.